The number of rotatable bonds is 7. The maximum atomic E-state index is 12.1. The first kappa shape index (κ1) is 20.0. The number of methoxy groups -OCH3 is 2. The highest BCUT2D eigenvalue weighted by atomic mass is 79.9. The first-order valence-electron chi connectivity index (χ1n) is 8.13. The summed E-state index contributed by atoms with van der Waals surface area (Å²) >= 11 is 4.55. The number of carbonyl (C=O) groups is 1. The number of benzene rings is 2. The van der Waals surface area contributed by atoms with Crippen LogP contribution in [-0.2, 0) is 4.79 Å². The van der Waals surface area contributed by atoms with Gasteiger partial charge in [-0.05, 0) is 42.5 Å². The summed E-state index contributed by atoms with van der Waals surface area (Å²) in [6, 6.07) is 12.7. The van der Waals surface area contributed by atoms with Gasteiger partial charge in [0, 0.05) is 15.7 Å². The van der Waals surface area contributed by atoms with Gasteiger partial charge in [0.15, 0.2) is 17.3 Å². The summed E-state index contributed by atoms with van der Waals surface area (Å²) in [6.07, 6.45) is 0. The lowest BCUT2D eigenvalue weighted by Crippen LogP contribution is -2.16. The first-order chi connectivity index (χ1) is 13.5. The summed E-state index contributed by atoms with van der Waals surface area (Å²) in [6.45, 7) is 0. The van der Waals surface area contributed by atoms with Crippen molar-refractivity contribution in [3.8, 4) is 22.9 Å². The summed E-state index contributed by atoms with van der Waals surface area (Å²) in [5, 5.41) is 11.4. The lowest BCUT2D eigenvalue weighted by Gasteiger charge is -2.09. The Labute approximate surface area is 174 Å². The van der Waals surface area contributed by atoms with Crippen LogP contribution in [0, 0.1) is 0 Å². The van der Waals surface area contributed by atoms with Crippen molar-refractivity contribution in [2.24, 2.45) is 0 Å². The van der Waals surface area contributed by atoms with E-state index < -0.39 is 0 Å². The normalized spacial score (nSPS) is 10.5. The van der Waals surface area contributed by atoms with Crippen LogP contribution < -0.4 is 20.6 Å². The third-order valence-corrected chi connectivity index (χ3v) is 5.24. The van der Waals surface area contributed by atoms with Crippen molar-refractivity contribution in [2.75, 3.05) is 31.1 Å². The van der Waals surface area contributed by atoms with Crippen LogP contribution in [-0.4, -0.2) is 40.8 Å². The van der Waals surface area contributed by atoms with Gasteiger partial charge in [-0.3, -0.25) is 4.79 Å². The highest BCUT2D eigenvalue weighted by Gasteiger charge is 2.16. The molecule has 8 nitrogen and oxygen atoms in total. The van der Waals surface area contributed by atoms with Crippen LogP contribution in [0.3, 0.4) is 0 Å². The van der Waals surface area contributed by atoms with Crippen LogP contribution in [0.15, 0.2) is 52.1 Å². The van der Waals surface area contributed by atoms with Crippen molar-refractivity contribution in [1.29, 1.82) is 0 Å². The molecule has 0 saturated heterocycles. The minimum absolute atomic E-state index is 0.150. The number of amides is 1. The van der Waals surface area contributed by atoms with Gasteiger partial charge in [-0.15, -0.1) is 10.2 Å². The van der Waals surface area contributed by atoms with Gasteiger partial charge in [0.25, 0.3) is 0 Å². The maximum Gasteiger partial charge on any atom is 0.234 e. The molecule has 146 valence electrons. The Kier molecular flexibility index (Phi) is 6.42. The molecule has 0 aliphatic rings. The predicted molar refractivity (Wildman–Crippen MR) is 112 cm³/mol. The molecule has 0 aliphatic carbocycles. The van der Waals surface area contributed by atoms with Crippen molar-refractivity contribution in [3.05, 3.63) is 46.9 Å². The molecule has 0 spiro atoms. The second kappa shape index (κ2) is 8.98. The lowest BCUT2D eigenvalue weighted by atomic mass is 10.2. The Hall–Kier alpha value is -2.72. The number of halogens is 1. The van der Waals surface area contributed by atoms with Crippen LogP contribution in [0.2, 0.25) is 0 Å². The Bertz CT molecular complexity index is 978. The molecule has 0 fully saturated rings. The van der Waals surface area contributed by atoms with Gasteiger partial charge in [0.2, 0.25) is 11.1 Å². The summed E-state index contributed by atoms with van der Waals surface area (Å²) in [5.41, 5.74) is 1.44. The Morgan fingerprint density at radius 2 is 1.86 bits per heavy atom. The Morgan fingerprint density at radius 1 is 1.14 bits per heavy atom. The summed E-state index contributed by atoms with van der Waals surface area (Å²) in [7, 11) is 3.12. The number of nitrogen functional groups attached to an aromatic ring is 1. The fourth-order valence-corrected chi connectivity index (χ4v) is 3.33. The number of hydrogen-bond acceptors (Lipinski definition) is 7. The number of anilines is 1. The number of aromatic nitrogens is 3. The van der Waals surface area contributed by atoms with Gasteiger partial charge in [0.05, 0.1) is 20.0 Å². The van der Waals surface area contributed by atoms with E-state index in [1.165, 1.54) is 16.4 Å². The van der Waals surface area contributed by atoms with Crippen LogP contribution in [0.5, 0.6) is 11.5 Å². The van der Waals surface area contributed by atoms with Gasteiger partial charge in [-0.2, -0.15) is 0 Å². The molecule has 28 heavy (non-hydrogen) atoms. The smallest absolute Gasteiger partial charge is 0.234 e. The number of ether oxygens (including phenoxy) is 2. The van der Waals surface area contributed by atoms with E-state index in [9.17, 15) is 4.79 Å². The molecular formula is C18H18BrN5O3S. The summed E-state index contributed by atoms with van der Waals surface area (Å²) in [5.74, 6) is 7.72. The zero-order chi connectivity index (χ0) is 20.1. The van der Waals surface area contributed by atoms with Gasteiger partial charge in [-0.1, -0.05) is 27.7 Å². The van der Waals surface area contributed by atoms with Crippen LogP contribution in [0.4, 0.5) is 5.69 Å². The van der Waals surface area contributed by atoms with Gasteiger partial charge in [0.1, 0.15) is 0 Å². The average Bonchev–Trinajstić information content (AvgIpc) is 3.08. The second-order valence-corrected chi connectivity index (χ2v) is 7.45. The first-order valence-corrected chi connectivity index (χ1v) is 9.90. The van der Waals surface area contributed by atoms with E-state index in [0.717, 1.165) is 10.0 Å². The standard InChI is InChI=1S/C18H18BrN5O3S/c1-26-14-8-3-11(9-15(14)27-2)17-22-23-18(24(17)20)28-10-16(25)21-13-6-4-12(19)5-7-13/h3-9H,10,20H2,1-2H3,(H,21,25). The van der Waals surface area contributed by atoms with Crippen LogP contribution in [0.25, 0.3) is 11.4 Å². The number of hydrogen-bond donors (Lipinski definition) is 2. The molecule has 1 heterocycles. The van der Waals surface area contributed by atoms with E-state index in [1.807, 2.05) is 30.3 Å². The Morgan fingerprint density at radius 3 is 2.54 bits per heavy atom. The van der Waals surface area contributed by atoms with Crippen molar-refractivity contribution >= 4 is 39.3 Å². The number of thioether (sulfide) groups is 1. The zero-order valence-corrected chi connectivity index (χ0v) is 17.6. The van der Waals surface area contributed by atoms with E-state index in [1.54, 1.807) is 26.4 Å². The molecule has 1 aromatic heterocycles. The summed E-state index contributed by atoms with van der Waals surface area (Å²) < 4.78 is 12.8. The Balaban J connectivity index is 1.67. The van der Waals surface area contributed by atoms with Crippen LogP contribution >= 0.6 is 27.7 Å². The fourth-order valence-electron chi connectivity index (χ4n) is 2.41. The lowest BCUT2D eigenvalue weighted by molar-refractivity contribution is -0.113. The minimum Gasteiger partial charge on any atom is -0.493 e. The number of carbonyl (C=O) groups excluding carboxylic acids is 1. The third-order valence-electron chi connectivity index (χ3n) is 3.77. The largest absolute Gasteiger partial charge is 0.493 e. The quantitative estimate of drug-likeness (QED) is 0.409. The molecule has 0 saturated carbocycles. The van der Waals surface area contributed by atoms with E-state index in [4.69, 9.17) is 15.3 Å². The highest BCUT2D eigenvalue weighted by Crippen LogP contribution is 2.32. The third kappa shape index (κ3) is 4.57. The predicted octanol–water partition coefficient (Wildman–Crippen LogP) is 3.17. The number of nitrogens with one attached hydrogen (secondary N) is 1. The zero-order valence-electron chi connectivity index (χ0n) is 15.2. The molecule has 0 atom stereocenters. The average molecular weight is 464 g/mol. The molecule has 0 bridgehead atoms. The van der Waals surface area contributed by atoms with Gasteiger partial charge < -0.3 is 20.6 Å². The molecule has 0 aliphatic heterocycles. The van der Waals surface area contributed by atoms with Crippen molar-refractivity contribution in [3.63, 3.8) is 0 Å². The maximum absolute atomic E-state index is 12.1. The molecular weight excluding hydrogens is 446 g/mol. The number of nitrogens with zero attached hydrogens (tertiary/aromatic N) is 3. The van der Waals surface area contributed by atoms with Crippen molar-refractivity contribution in [2.45, 2.75) is 5.16 Å². The van der Waals surface area contributed by atoms with Gasteiger partial charge in [-0.25, -0.2) is 4.68 Å². The highest BCUT2D eigenvalue weighted by molar-refractivity contribution is 9.10. The summed E-state index contributed by atoms with van der Waals surface area (Å²) in [4.78, 5) is 12.1. The topological polar surface area (TPSA) is 104 Å². The SMILES string of the molecule is COc1ccc(-c2nnc(SCC(=O)Nc3ccc(Br)cc3)n2N)cc1OC. The molecule has 3 aromatic rings. The van der Waals surface area contributed by atoms with E-state index in [2.05, 4.69) is 31.4 Å². The van der Waals surface area contributed by atoms with Crippen molar-refractivity contribution in [1.82, 2.24) is 14.9 Å². The van der Waals surface area contributed by atoms with Crippen molar-refractivity contribution < 1.29 is 14.3 Å². The molecule has 10 heteroatoms. The molecule has 2 aromatic carbocycles. The van der Waals surface area contributed by atoms with Crippen LogP contribution in [0.1, 0.15) is 0 Å². The minimum atomic E-state index is -0.164. The molecule has 1 amide bonds. The monoisotopic (exact) mass is 463 g/mol. The number of nitrogens with two attached hydrogens (primary N) is 1. The second-order valence-electron chi connectivity index (χ2n) is 5.59. The van der Waals surface area contributed by atoms with E-state index in [0.29, 0.717) is 28.2 Å². The van der Waals surface area contributed by atoms with E-state index in [-0.39, 0.29) is 11.7 Å². The molecule has 3 rings (SSSR count). The fraction of sp³-hybridized carbons (Fsp3) is 0.167. The molecule has 0 unspecified atom stereocenters. The molecule has 3 N–H and O–H groups in total. The molecule has 0 radical (unpaired) electrons. The van der Waals surface area contributed by atoms with Gasteiger partial charge >= 0.3 is 0 Å². The van der Waals surface area contributed by atoms with E-state index >= 15 is 0 Å².